The SMILES string of the molecule is CC(C)(C)OC(=O)N[C@@](C=O)(CCCCNC(=O)OCc1ccc(Br)cc1)N(Cc1cccs1)Cc1cccs1. The molecule has 2 N–H and O–H groups in total. The van der Waals surface area contributed by atoms with Crippen LogP contribution in [0.3, 0.4) is 0 Å². The van der Waals surface area contributed by atoms with E-state index in [0.29, 0.717) is 38.9 Å². The van der Waals surface area contributed by atoms with E-state index in [1.165, 1.54) is 0 Å². The van der Waals surface area contributed by atoms with Crippen LogP contribution in [0.1, 0.15) is 55.4 Å². The highest BCUT2D eigenvalue weighted by molar-refractivity contribution is 9.10. The molecule has 2 amide bonds. The van der Waals surface area contributed by atoms with Crippen molar-refractivity contribution in [1.29, 1.82) is 0 Å². The zero-order valence-electron chi connectivity index (χ0n) is 23.0. The van der Waals surface area contributed by atoms with Gasteiger partial charge in [-0.3, -0.25) is 15.0 Å². The quantitative estimate of drug-likeness (QED) is 0.110. The summed E-state index contributed by atoms with van der Waals surface area (Å²) >= 11 is 6.58. The zero-order valence-corrected chi connectivity index (χ0v) is 26.2. The fourth-order valence-corrected chi connectivity index (χ4v) is 5.66. The first-order valence-electron chi connectivity index (χ1n) is 13.0. The predicted molar refractivity (Wildman–Crippen MR) is 162 cm³/mol. The highest BCUT2D eigenvalue weighted by atomic mass is 79.9. The number of amides is 2. The minimum absolute atomic E-state index is 0.174. The molecule has 1 aromatic carbocycles. The third-order valence-electron chi connectivity index (χ3n) is 5.87. The van der Waals surface area contributed by atoms with Crippen molar-refractivity contribution < 1.29 is 23.9 Å². The number of ether oxygens (including phenoxy) is 2. The van der Waals surface area contributed by atoms with Crippen molar-refractivity contribution in [3.63, 3.8) is 0 Å². The molecule has 1 atom stereocenters. The minimum Gasteiger partial charge on any atom is -0.445 e. The van der Waals surface area contributed by atoms with Crippen LogP contribution in [0.5, 0.6) is 0 Å². The molecule has 0 aliphatic rings. The zero-order chi connectivity index (χ0) is 29.0. The second-order valence-corrected chi connectivity index (χ2v) is 13.3. The smallest absolute Gasteiger partial charge is 0.409 e. The number of thiophene rings is 2. The number of benzene rings is 1. The van der Waals surface area contributed by atoms with Gasteiger partial charge in [0.15, 0.2) is 11.9 Å². The van der Waals surface area contributed by atoms with E-state index < -0.39 is 23.5 Å². The van der Waals surface area contributed by atoms with Gasteiger partial charge in [-0.15, -0.1) is 22.7 Å². The number of alkyl carbamates (subject to hydrolysis) is 2. The first-order chi connectivity index (χ1) is 19.1. The fraction of sp³-hybridized carbons (Fsp3) is 0.414. The number of unbranched alkanes of at least 4 members (excludes halogenated alkanes) is 1. The summed E-state index contributed by atoms with van der Waals surface area (Å²) in [4.78, 5) is 42.1. The Kier molecular flexibility index (Phi) is 12.2. The Labute approximate surface area is 252 Å². The van der Waals surface area contributed by atoms with Gasteiger partial charge in [0, 0.05) is 33.9 Å². The van der Waals surface area contributed by atoms with Gasteiger partial charge in [-0.2, -0.15) is 0 Å². The van der Waals surface area contributed by atoms with Crippen LogP contribution < -0.4 is 10.6 Å². The predicted octanol–water partition coefficient (Wildman–Crippen LogP) is 7.09. The van der Waals surface area contributed by atoms with Crippen LogP contribution >= 0.6 is 38.6 Å². The van der Waals surface area contributed by atoms with Crippen molar-refractivity contribution in [2.45, 2.75) is 71.0 Å². The van der Waals surface area contributed by atoms with Gasteiger partial charge in [-0.05, 0) is 80.6 Å². The fourth-order valence-electron chi connectivity index (χ4n) is 3.95. The third-order valence-corrected chi connectivity index (χ3v) is 8.12. The molecule has 0 spiro atoms. The topological polar surface area (TPSA) is 97.0 Å². The second-order valence-electron chi connectivity index (χ2n) is 10.3. The molecule has 0 aliphatic heterocycles. The molecule has 0 saturated heterocycles. The van der Waals surface area contributed by atoms with Crippen molar-refractivity contribution in [2.24, 2.45) is 0 Å². The summed E-state index contributed by atoms with van der Waals surface area (Å²) in [5.41, 5.74) is -1.14. The normalized spacial score (nSPS) is 12.9. The van der Waals surface area contributed by atoms with Crippen molar-refractivity contribution in [3.05, 3.63) is 79.1 Å². The Morgan fingerprint density at radius 2 is 1.57 bits per heavy atom. The molecule has 8 nitrogen and oxygen atoms in total. The number of hydrogen-bond acceptors (Lipinski definition) is 8. The summed E-state index contributed by atoms with van der Waals surface area (Å²) in [6, 6.07) is 15.5. The molecule has 3 aromatic rings. The van der Waals surface area contributed by atoms with Crippen LogP contribution in [0.4, 0.5) is 9.59 Å². The molecule has 0 unspecified atom stereocenters. The molecule has 0 radical (unpaired) electrons. The molecule has 2 aromatic heterocycles. The maximum absolute atomic E-state index is 12.9. The van der Waals surface area contributed by atoms with Crippen LogP contribution in [-0.4, -0.2) is 41.2 Å². The minimum atomic E-state index is -1.31. The lowest BCUT2D eigenvalue weighted by molar-refractivity contribution is -0.123. The molecule has 40 heavy (non-hydrogen) atoms. The molecular weight excluding hydrogens is 614 g/mol. The summed E-state index contributed by atoms with van der Waals surface area (Å²) in [6.07, 6.45) is 1.13. The van der Waals surface area contributed by atoms with Gasteiger partial charge >= 0.3 is 12.2 Å². The molecule has 3 rings (SSSR count). The van der Waals surface area contributed by atoms with E-state index >= 15 is 0 Å². The van der Waals surface area contributed by atoms with E-state index in [1.807, 2.05) is 64.2 Å². The average molecular weight is 651 g/mol. The lowest BCUT2D eigenvalue weighted by atomic mass is 10.0. The highest BCUT2D eigenvalue weighted by Crippen LogP contribution is 2.27. The number of halogens is 1. The number of hydrogen-bond donors (Lipinski definition) is 2. The second kappa shape index (κ2) is 15.3. The van der Waals surface area contributed by atoms with E-state index in [2.05, 4.69) is 26.6 Å². The summed E-state index contributed by atoms with van der Waals surface area (Å²) in [5.74, 6) is 0. The van der Waals surface area contributed by atoms with E-state index in [4.69, 9.17) is 9.47 Å². The van der Waals surface area contributed by atoms with Crippen LogP contribution in [0.25, 0.3) is 0 Å². The third kappa shape index (κ3) is 10.7. The average Bonchev–Trinajstić information content (AvgIpc) is 3.61. The Morgan fingerprint density at radius 3 is 2.10 bits per heavy atom. The summed E-state index contributed by atoms with van der Waals surface area (Å²) < 4.78 is 11.8. The van der Waals surface area contributed by atoms with Gasteiger partial charge in [-0.25, -0.2) is 9.59 Å². The molecule has 2 heterocycles. The lowest BCUT2D eigenvalue weighted by Gasteiger charge is -2.40. The molecular formula is C29H36BrN3O5S2. The van der Waals surface area contributed by atoms with Crippen LogP contribution in [0.15, 0.2) is 63.8 Å². The van der Waals surface area contributed by atoms with Crippen LogP contribution in [0, 0.1) is 0 Å². The van der Waals surface area contributed by atoms with Gasteiger partial charge < -0.3 is 14.8 Å². The molecule has 216 valence electrons. The monoisotopic (exact) mass is 649 g/mol. The standard InChI is InChI=1S/C29H36BrN3O5S2/c1-28(2,3)38-27(36)32-29(21-34,33(18-24-8-6-16-39-24)19-25-9-7-17-40-25)14-4-5-15-31-26(35)37-20-22-10-12-23(30)13-11-22/h6-13,16-17,21H,4-5,14-15,18-20H2,1-3H3,(H,31,35)(H,32,36)/t29-/m0/s1. The van der Waals surface area contributed by atoms with E-state index in [-0.39, 0.29) is 6.61 Å². The van der Waals surface area contributed by atoms with Crippen LogP contribution in [0.2, 0.25) is 0 Å². The van der Waals surface area contributed by atoms with E-state index in [9.17, 15) is 14.4 Å². The van der Waals surface area contributed by atoms with Gasteiger partial charge in [0.1, 0.15) is 12.2 Å². The number of carbonyl (C=O) groups excluding carboxylic acids is 3. The molecule has 0 fully saturated rings. The number of nitrogens with zero attached hydrogens (tertiary/aromatic N) is 1. The van der Waals surface area contributed by atoms with Crippen LogP contribution in [-0.2, 0) is 34.0 Å². The molecule has 11 heteroatoms. The van der Waals surface area contributed by atoms with Gasteiger partial charge in [0.05, 0.1) is 0 Å². The van der Waals surface area contributed by atoms with Crippen molar-refractivity contribution in [2.75, 3.05) is 6.54 Å². The van der Waals surface area contributed by atoms with Gasteiger partial charge in [0.25, 0.3) is 0 Å². The molecule has 0 aliphatic carbocycles. The summed E-state index contributed by atoms with van der Waals surface area (Å²) in [7, 11) is 0. The first kappa shape index (κ1) is 31.8. The maximum Gasteiger partial charge on any atom is 0.409 e. The first-order valence-corrected chi connectivity index (χ1v) is 15.6. The number of rotatable bonds is 14. The number of carbonyl (C=O) groups is 3. The Balaban J connectivity index is 1.65. The molecule has 0 saturated carbocycles. The lowest BCUT2D eigenvalue weighted by Crippen LogP contribution is -2.61. The van der Waals surface area contributed by atoms with E-state index in [1.54, 1.807) is 43.4 Å². The summed E-state index contributed by atoms with van der Waals surface area (Å²) in [5, 5.41) is 9.64. The van der Waals surface area contributed by atoms with Crippen molar-refractivity contribution in [1.82, 2.24) is 15.5 Å². The van der Waals surface area contributed by atoms with Crippen molar-refractivity contribution >= 4 is 57.1 Å². The van der Waals surface area contributed by atoms with E-state index in [0.717, 1.165) is 26.1 Å². The largest absolute Gasteiger partial charge is 0.445 e. The highest BCUT2D eigenvalue weighted by Gasteiger charge is 2.39. The number of nitrogens with one attached hydrogen (secondary N) is 2. The number of aldehydes is 1. The Morgan fingerprint density at radius 1 is 0.950 bits per heavy atom. The molecule has 0 bridgehead atoms. The summed E-state index contributed by atoms with van der Waals surface area (Å²) in [6.45, 7) is 6.85. The van der Waals surface area contributed by atoms with Gasteiger partial charge in [-0.1, -0.05) is 40.2 Å². The maximum atomic E-state index is 12.9. The van der Waals surface area contributed by atoms with Crippen molar-refractivity contribution in [3.8, 4) is 0 Å². The Bertz CT molecular complexity index is 1160. The van der Waals surface area contributed by atoms with Gasteiger partial charge in [0.2, 0.25) is 0 Å². The Hall–Kier alpha value is -2.73.